The Kier molecular flexibility index (Phi) is 9.57. The second-order valence-corrected chi connectivity index (χ2v) is 9.46. The Hall–Kier alpha value is -0.460. The van der Waals surface area contributed by atoms with Crippen LogP contribution < -0.4 is 10.6 Å². The molecule has 1 aliphatic carbocycles. The molecule has 0 spiro atoms. The lowest BCUT2D eigenvalue weighted by atomic mass is 9.83. The van der Waals surface area contributed by atoms with E-state index >= 15 is 0 Å². The van der Waals surface area contributed by atoms with E-state index in [9.17, 15) is 0 Å². The first-order valence-corrected chi connectivity index (χ1v) is 11.4. The molecule has 26 heavy (non-hydrogen) atoms. The lowest BCUT2D eigenvalue weighted by molar-refractivity contribution is 0.0782. The largest absolute Gasteiger partial charge is 0.385 e. The molecule has 152 valence electrons. The summed E-state index contributed by atoms with van der Waals surface area (Å²) in [4.78, 5) is 4.99. The number of aliphatic imine (C=N–C) groups is 1. The second-order valence-electron chi connectivity index (χ2n) is 7.73. The molecule has 0 radical (unpaired) electrons. The molecule has 0 amide bonds. The SMILES string of the molecule is CCNC(=NCC1(CCOC)CCCC1)NCC1(SCC)CCOCC1. The third kappa shape index (κ3) is 6.61. The van der Waals surface area contributed by atoms with Crippen molar-refractivity contribution in [3.8, 4) is 0 Å². The van der Waals surface area contributed by atoms with Crippen molar-refractivity contribution < 1.29 is 9.47 Å². The fourth-order valence-corrected chi connectivity index (χ4v) is 5.43. The molecule has 0 atom stereocenters. The zero-order valence-corrected chi connectivity index (χ0v) is 17.9. The highest BCUT2D eigenvalue weighted by Gasteiger charge is 2.34. The molecule has 0 aromatic rings. The minimum absolute atomic E-state index is 0.282. The highest BCUT2D eigenvalue weighted by molar-refractivity contribution is 8.00. The van der Waals surface area contributed by atoms with Crippen LogP contribution in [0.25, 0.3) is 0 Å². The van der Waals surface area contributed by atoms with Gasteiger partial charge in [-0.3, -0.25) is 4.99 Å². The maximum Gasteiger partial charge on any atom is 0.191 e. The molecule has 1 aliphatic heterocycles. The van der Waals surface area contributed by atoms with Crippen LogP contribution in [0, 0.1) is 5.41 Å². The van der Waals surface area contributed by atoms with Gasteiger partial charge < -0.3 is 20.1 Å². The third-order valence-electron chi connectivity index (χ3n) is 5.85. The molecule has 0 unspecified atom stereocenters. The van der Waals surface area contributed by atoms with Gasteiger partial charge in [0.2, 0.25) is 0 Å². The van der Waals surface area contributed by atoms with E-state index in [-0.39, 0.29) is 4.75 Å². The van der Waals surface area contributed by atoms with Crippen LogP contribution in [0.3, 0.4) is 0 Å². The van der Waals surface area contributed by atoms with E-state index in [1.807, 2.05) is 0 Å². The summed E-state index contributed by atoms with van der Waals surface area (Å²) in [6.07, 6.45) is 8.60. The summed E-state index contributed by atoms with van der Waals surface area (Å²) in [5.74, 6) is 2.12. The Balaban J connectivity index is 1.96. The predicted octanol–water partition coefficient (Wildman–Crippen LogP) is 3.44. The Morgan fingerprint density at radius 3 is 2.46 bits per heavy atom. The highest BCUT2D eigenvalue weighted by Crippen LogP contribution is 2.41. The summed E-state index contributed by atoms with van der Waals surface area (Å²) in [7, 11) is 1.80. The minimum atomic E-state index is 0.282. The number of nitrogens with one attached hydrogen (secondary N) is 2. The van der Waals surface area contributed by atoms with Crippen LogP contribution >= 0.6 is 11.8 Å². The second kappa shape index (κ2) is 11.4. The molecular weight excluding hydrogens is 346 g/mol. The molecule has 0 aromatic heterocycles. The van der Waals surface area contributed by atoms with Gasteiger partial charge in [0, 0.05) is 51.3 Å². The summed E-state index contributed by atoms with van der Waals surface area (Å²) in [5.41, 5.74) is 0.340. The van der Waals surface area contributed by atoms with E-state index in [4.69, 9.17) is 14.5 Å². The van der Waals surface area contributed by atoms with E-state index in [1.54, 1.807) is 7.11 Å². The molecule has 1 heterocycles. The van der Waals surface area contributed by atoms with Gasteiger partial charge in [0.1, 0.15) is 0 Å². The Morgan fingerprint density at radius 2 is 1.85 bits per heavy atom. The monoisotopic (exact) mass is 385 g/mol. The van der Waals surface area contributed by atoms with E-state index in [2.05, 4.69) is 36.2 Å². The molecule has 6 heteroatoms. The Labute approximate surface area is 164 Å². The summed E-state index contributed by atoms with van der Waals surface area (Å²) < 4.78 is 11.2. The first-order valence-electron chi connectivity index (χ1n) is 10.4. The number of hydrogen-bond acceptors (Lipinski definition) is 4. The molecule has 0 aromatic carbocycles. The van der Waals surface area contributed by atoms with E-state index in [0.717, 1.165) is 70.4 Å². The van der Waals surface area contributed by atoms with Gasteiger partial charge in [-0.1, -0.05) is 19.8 Å². The van der Waals surface area contributed by atoms with Crippen LogP contribution in [0.1, 0.15) is 58.8 Å². The molecule has 5 nitrogen and oxygen atoms in total. The van der Waals surface area contributed by atoms with Crippen molar-refractivity contribution in [2.75, 3.05) is 52.3 Å². The maximum atomic E-state index is 5.59. The molecule has 1 saturated heterocycles. The minimum Gasteiger partial charge on any atom is -0.385 e. The van der Waals surface area contributed by atoms with Crippen molar-refractivity contribution in [3.63, 3.8) is 0 Å². The molecule has 2 rings (SSSR count). The summed E-state index contributed by atoms with van der Waals surface area (Å²) in [5, 5.41) is 7.09. The maximum absolute atomic E-state index is 5.59. The zero-order chi connectivity index (χ0) is 18.7. The molecule has 2 fully saturated rings. The number of methoxy groups -OCH3 is 1. The van der Waals surface area contributed by atoms with Crippen molar-refractivity contribution in [3.05, 3.63) is 0 Å². The number of thioether (sulfide) groups is 1. The standard InChI is InChI=1S/C20H39N3O2S/c1-4-21-18(22-16-19(10-13-24-3)8-6-7-9-19)23-17-20(26-5-2)11-14-25-15-12-20/h4-17H2,1-3H3,(H2,21,22,23). The third-order valence-corrected chi connectivity index (χ3v) is 7.30. The van der Waals surface area contributed by atoms with E-state index in [1.165, 1.54) is 25.7 Å². The van der Waals surface area contributed by atoms with Gasteiger partial charge in [-0.2, -0.15) is 11.8 Å². The van der Waals surface area contributed by atoms with E-state index < -0.39 is 0 Å². The molecule has 2 N–H and O–H groups in total. The predicted molar refractivity (Wildman–Crippen MR) is 112 cm³/mol. The van der Waals surface area contributed by atoms with Gasteiger partial charge in [0.15, 0.2) is 5.96 Å². The van der Waals surface area contributed by atoms with Crippen molar-refractivity contribution >= 4 is 17.7 Å². The Bertz CT molecular complexity index is 414. The number of guanidine groups is 1. The fourth-order valence-electron chi connectivity index (χ4n) is 4.19. The quantitative estimate of drug-likeness (QED) is 0.446. The van der Waals surface area contributed by atoms with Crippen LogP contribution in [-0.4, -0.2) is 63.0 Å². The van der Waals surface area contributed by atoms with Gasteiger partial charge in [0.05, 0.1) is 0 Å². The van der Waals surface area contributed by atoms with Crippen molar-refractivity contribution in [1.29, 1.82) is 0 Å². The van der Waals surface area contributed by atoms with Gasteiger partial charge in [-0.25, -0.2) is 0 Å². The van der Waals surface area contributed by atoms with Gasteiger partial charge >= 0.3 is 0 Å². The molecule has 0 bridgehead atoms. The molecule has 2 aliphatic rings. The Morgan fingerprint density at radius 1 is 1.12 bits per heavy atom. The summed E-state index contributed by atoms with van der Waals surface area (Å²) in [6, 6.07) is 0. The normalized spacial score (nSPS) is 22.3. The summed E-state index contributed by atoms with van der Waals surface area (Å²) in [6.45, 7) is 9.75. The lowest BCUT2D eigenvalue weighted by Gasteiger charge is -2.37. The molecular formula is C20H39N3O2S. The first-order chi connectivity index (χ1) is 12.7. The average Bonchev–Trinajstić information content (AvgIpc) is 3.13. The zero-order valence-electron chi connectivity index (χ0n) is 17.1. The topological polar surface area (TPSA) is 54.9 Å². The lowest BCUT2D eigenvalue weighted by Crippen LogP contribution is -2.48. The van der Waals surface area contributed by atoms with Crippen molar-refractivity contribution in [1.82, 2.24) is 10.6 Å². The fraction of sp³-hybridized carbons (Fsp3) is 0.950. The van der Waals surface area contributed by atoms with Crippen molar-refractivity contribution in [2.24, 2.45) is 10.4 Å². The summed E-state index contributed by atoms with van der Waals surface area (Å²) >= 11 is 2.07. The number of ether oxygens (including phenoxy) is 2. The number of nitrogens with zero attached hydrogens (tertiary/aromatic N) is 1. The van der Waals surface area contributed by atoms with Crippen LogP contribution in [0.4, 0.5) is 0 Å². The highest BCUT2D eigenvalue weighted by atomic mass is 32.2. The van der Waals surface area contributed by atoms with E-state index in [0.29, 0.717) is 5.41 Å². The van der Waals surface area contributed by atoms with Crippen LogP contribution in [0.5, 0.6) is 0 Å². The van der Waals surface area contributed by atoms with Crippen LogP contribution in [0.15, 0.2) is 4.99 Å². The number of hydrogen-bond donors (Lipinski definition) is 2. The van der Waals surface area contributed by atoms with Crippen LogP contribution in [-0.2, 0) is 9.47 Å². The van der Waals surface area contributed by atoms with Crippen molar-refractivity contribution in [2.45, 2.75) is 63.5 Å². The van der Waals surface area contributed by atoms with Crippen LogP contribution in [0.2, 0.25) is 0 Å². The average molecular weight is 386 g/mol. The van der Waals surface area contributed by atoms with Gasteiger partial charge in [-0.15, -0.1) is 0 Å². The van der Waals surface area contributed by atoms with Gasteiger partial charge in [-0.05, 0) is 50.2 Å². The first kappa shape index (κ1) is 21.8. The molecule has 1 saturated carbocycles. The smallest absolute Gasteiger partial charge is 0.191 e. The number of rotatable bonds is 10. The van der Waals surface area contributed by atoms with Gasteiger partial charge in [0.25, 0.3) is 0 Å².